The SMILES string of the molecule is CCN(CC)CCNC1(CN)CCC(OC)CC1. The molecule has 0 aliphatic heterocycles. The van der Waals surface area contributed by atoms with Crippen molar-refractivity contribution in [2.24, 2.45) is 5.73 Å². The van der Waals surface area contributed by atoms with Gasteiger partial charge in [-0.25, -0.2) is 0 Å². The molecule has 0 bridgehead atoms. The zero-order chi connectivity index (χ0) is 13.4. The van der Waals surface area contributed by atoms with Gasteiger partial charge in [-0.3, -0.25) is 0 Å². The van der Waals surface area contributed by atoms with Crippen LogP contribution in [0, 0.1) is 0 Å². The topological polar surface area (TPSA) is 50.5 Å². The standard InChI is InChI=1S/C14H31N3O/c1-4-17(5-2)11-10-16-14(12-15)8-6-13(18-3)7-9-14/h13,16H,4-12,15H2,1-3H3. The molecule has 0 atom stereocenters. The molecule has 0 heterocycles. The van der Waals surface area contributed by atoms with E-state index in [2.05, 4.69) is 24.1 Å². The number of nitrogens with one attached hydrogen (secondary N) is 1. The highest BCUT2D eigenvalue weighted by Gasteiger charge is 2.33. The van der Waals surface area contributed by atoms with Gasteiger partial charge in [0.05, 0.1) is 6.10 Å². The quantitative estimate of drug-likeness (QED) is 0.686. The minimum atomic E-state index is 0.155. The van der Waals surface area contributed by atoms with Crippen molar-refractivity contribution in [1.82, 2.24) is 10.2 Å². The number of rotatable bonds is 8. The predicted molar refractivity (Wildman–Crippen MR) is 76.8 cm³/mol. The molecular formula is C14H31N3O. The lowest BCUT2D eigenvalue weighted by Crippen LogP contribution is -2.55. The van der Waals surface area contributed by atoms with Crippen molar-refractivity contribution in [2.75, 3.05) is 39.8 Å². The highest BCUT2D eigenvalue weighted by molar-refractivity contribution is 4.94. The molecule has 18 heavy (non-hydrogen) atoms. The zero-order valence-electron chi connectivity index (χ0n) is 12.4. The zero-order valence-corrected chi connectivity index (χ0v) is 12.4. The molecule has 3 N–H and O–H groups in total. The molecule has 0 aromatic rings. The van der Waals surface area contributed by atoms with E-state index in [0.717, 1.165) is 58.4 Å². The summed E-state index contributed by atoms with van der Waals surface area (Å²) < 4.78 is 5.43. The second-order valence-electron chi connectivity index (χ2n) is 5.37. The van der Waals surface area contributed by atoms with Gasteiger partial charge in [-0.05, 0) is 38.8 Å². The van der Waals surface area contributed by atoms with Crippen LogP contribution in [0.5, 0.6) is 0 Å². The summed E-state index contributed by atoms with van der Waals surface area (Å²) in [5, 5.41) is 3.71. The Hall–Kier alpha value is -0.160. The third kappa shape index (κ3) is 4.50. The van der Waals surface area contributed by atoms with E-state index in [1.807, 2.05) is 7.11 Å². The normalized spacial score (nSPS) is 28.8. The van der Waals surface area contributed by atoms with Crippen LogP contribution in [0.25, 0.3) is 0 Å². The number of nitrogens with two attached hydrogens (primary N) is 1. The molecule has 4 heteroatoms. The van der Waals surface area contributed by atoms with E-state index in [0.29, 0.717) is 6.10 Å². The lowest BCUT2D eigenvalue weighted by Gasteiger charge is -2.40. The smallest absolute Gasteiger partial charge is 0.0572 e. The lowest BCUT2D eigenvalue weighted by molar-refractivity contribution is 0.0427. The van der Waals surface area contributed by atoms with E-state index in [1.165, 1.54) is 0 Å². The molecule has 0 aromatic heterocycles. The van der Waals surface area contributed by atoms with E-state index >= 15 is 0 Å². The molecule has 0 unspecified atom stereocenters. The Labute approximate surface area is 112 Å². The van der Waals surface area contributed by atoms with Crippen molar-refractivity contribution in [3.05, 3.63) is 0 Å². The number of hydrogen-bond acceptors (Lipinski definition) is 4. The van der Waals surface area contributed by atoms with Crippen LogP contribution in [0.15, 0.2) is 0 Å². The van der Waals surface area contributed by atoms with Gasteiger partial charge in [0.25, 0.3) is 0 Å². The lowest BCUT2D eigenvalue weighted by atomic mass is 9.80. The fourth-order valence-corrected chi connectivity index (χ4v) is 2.85. The van der Waals surface area contributed by atoms with Gasteiger partial charge >= 0.3 is 0 Å². The highest BCUT2D eigenvalue weighted by Crippen LogP contribution is 2.28. The third-order valence-electron chi connectivity index (χ3n) is 4.44. The van der Waals surface area contributed by atoms with Crippen molar-refractivity contribution in [3.8, 4) is 0 Å². The maximum absolute atomic E-state index is 5.99. The number of nitrogens with zero attached hydrogens (tertiary/aromatic N) is 1. The molecule has 0 radical (unpaired) electrons. The first kappa shape index (κ1) is 15.9. The van der Waals surface area contributed by atoms with Gasteiger partial charge in [0.15, 0.2) is 0 Å². The largest absolute Gasteiger partial charge is 0.381 e. The van der Waals surface area contributed by atoms with E-state index in [-0.39, 0.29) is 5.54 Å². The van der Waals surface area contributed by atoms with Crippen LogP contribution in [0.3, 0.4) is 0 Å². The number of hydrogen-bond donors (Lipinski definition) is 2. The summed E-state index contributed by atoms with van der Waals surface area (Å²) in [6, 6.07) is 0. The van der Waals surface area contributed by atoms with Crippen LogP contribution in [0.4, 0.5) is 0 Å². The molecule has 0 spiro atoms. The van der Waals surface area contributed by atoms with Gasteiger partial charge < -0.3 is 20.7 Å². The summed E-state index contributed by atoms with van der Waals surface area (Å²) in [5.74, 6) is 0. The van der Waals surface area contributed by atoms with E-state index < -0.39 is 0 Å². The molecule has 1 fully saturated rings. The van der Waals surface area contributed by atoms with E-state index in [4.69, 9.17) is 10.5 Å². The van der Waals surface area contributed by atoms with Crippen molar-refractivity contribution in [2.45, 2.75) is 51.2 Å². The van der Waals surface area contributed by atoms with Crippen molar-refractivity contribution < 1.29 is 4.74 Å². The van der Waals surface area contributed by atoms with Crippen molar-refractivity contribution in [3.63, 3.8) is 0 Å². The van der Waals surface area contributed by atoms with Crippen LogP contribution < -0.4 is 11.1 Å². The summed E-state index contributed by atoms with van der Waals surface area (Å²) in [7, 11) is 1.81. The van der Waals surface area contributed by atoms with Crippen LogP contribution in [-0.4, -0.2) is 56.4 Å². The first-order valence-electron chi connectivity index (χ1n) is 7.40. The van der Waals surface area contributed by atoms with Crippen LogP contribution in [0.2, 0.25) is 0 Å². The molecule has 0 saturated heterocycles. The minimum absolute atomic E-state index is 0.155. The summed E-state index contributed by atoms with van der Waals surface area (Å²) in [5.41, 5.74) is 6.15. The molecule has 4 nitrogen and oxygen atoms in total. The van der Waals surface area contributed by atoms with Crippen LogP contribution >= 0.6 is 0 Å². The van der Waals surface area contributed by atoms with E-state index in [1.54, 1.807) is 0 Å². The molecule has 0 amide bonds. The molecule has 1 aliphatic carbocycles. The van der Waals surface area contributed by atoms with Crippen molar-refractivity contribution >= 4 is 0 Å². The van der Waals surface area contributed by atoms with Gasteiger partial charge in [0, 0.05) is 32.3 Å². The van der Waals surface area contributed by atoms with Gasteiger partial charge in [-0.15, -0.1) is 0 Å². The van der Waals surface area contributed by atoms with Gasteiger partial charge in [0.2, 0.25) is 0 Å². The van der Waals surface area contributed by atoms with Gasteiger partial charge in [0.1, 0.15) is 0 Å². The molecule has 1 rings (SSSR count). The third-order valence-corrected chi connectivity index (χ3v) is 4.44. The van der Waals surface area contributed by atoms with Crippen LogP contribution in [0.1, 0.15) is 39.5 Å². The Morgan fingerprint density at radius 3 is 2.33 bits per heavy atom. The molecule has 1 aliphatic rings. The summed E-state index contributed by atoms with van der Waals surface area (Å²) in [4.78, 5) is 2.44. The van der Waals surface area contributed by atoms with Crippen molar-refractivity contribution in [1.29, 1.82) is 0 Å². The van der Waals surface area contributed by atoms with Gasteiger partial charge in [-0.1, -0.05) is 13.8 Å². The fraction of sp³-hybridized carbons (Fsp3) is 1.00. The monoisotopic (exact) mass is 257 g/mol. The second kappa shape index (κ2) is 8.10. The average Bonchev–Trinajstić information content (AvgIpc) is 2.44. The molecule has 1 saturated carbocycles. The molecular weight excluding hydrogens is 226 g/mol. The average molecular weight is 257 g/mol. The van der Waals surface area contributed by atoms with Crippen LogP contribution in [-0.2, 0) is 4.74 Å². The van der Waals surface area contributed by atoms with Gasteiger partial charge in [-0.2, -0.15) is 0 Å². The number of ether oxygens (including phenoxy) is 1. The first-order chi connectivity index (χ1) is 8.69. The summed E-state index contributed by atoms with van der Waals surface area (Å²) in [6.45, 7) is 9.57. The Kier molecular flexibility index (Phi) is 7.15. The maximum atomic E-state index is 5.99. The second-order valence-corrected chi connectivity index (χ2v) is 5.37. The highest BCUT2D eigenvalue weighted by atomic mass is 16.5. The maximum Gasteiger partial charge on any atom is 0.0572 e. The fourth-order valence-electron chi connectivity index (χ4n) is 2.85. The number of methoxy groups -OCH3 is 1. The Morgan fingerprint density at radius 1 is 1.28 bits per heavy atom. The predicted octanol–water partition coefficient (Wildman–Crippen LogP) is 1.20. The Morgan fingerprint density at radius 2 is 1.89 bits per heavy atom. The Bertz CT molecular complexity index is 211. The summed E-state index contributed by atoms with van der Waals surface area (Å²) >= 11 is 0. The molecule has 108 valence electrons. The summed E-state index contributed by atoms with van der Waals surface area (Å²) in [6.07, 6.45) is 4.98. The molecule has 0 aromatic carbocycles. The number of likely N-dealkylation sites (N-methyl/N-ethyl adjacent to an activating group) is 1. The first-order valence-corrected chi connectivity index (χ1v) is 7.40. The Balaban J connectivity index is 2.33. The minimum Gasteiger partial charge on any atom is -0.381 e. The van der Waals surface area contributed by atoms with E-state index in [9.17, 15) is 0 Å².